The lowest BCUT2D eigenvalue weighted by Gasteiger charge is -2.08. The topological polar surface area (TPSA) is 70.9 Å². The quantitative estimate of drug-likeness (QED) is 0.405. The summed E-state index contributed by atoms with van der Waals surface area (Å²) in [5.41, 5.74) is 12.7. The van der Waals surface area contributed by atoms with E-state index in [-0.39, 0.29) is 11.7 Å². The van der Waals surface area contributed by atoms with Crippen molar-refractivity contribution in [1.82, 2.24) is 10.3 Å². The minimum Gasteiger partial charge on any atom is -0.399 e. The lowest BCUT2D eigenvalue weighted by Crippen LogP contribution is -2.25. The molecule has 30 heavy (non-hydrogen) atoms. The number of amides is 1. The molecule has 0 unspecified atom stereocenters. The molecule has 1 amide bonds. The zero-order chi connectivity index (χ0) is 21.3. The summed E-state index contributed by atoms with van der Waals surface area (Å²) in [7, 11) is 0. The molecule has 3 aromatic carbocycles. The Morgan fingerprint density at radius 1 is 1.03 bits per heavy atom. The highest BCUT2D eigenvalue weighted by molar-refractivity contribution is 5.95. The Morgan fingerprint density at radius 2 is 1.80 bits per heavy atom. The average Bonchev–Trinajstić information content (AvgIpc) is 3.08. The Balaban J connectivity index is 1.44. The molecule has 0 atom stereocenters. The van der Waals surface area contributed by atoms with Gasteiger partial charge in [-0.2, -0.15) is 0 Å². The van der Waals surface area contributed by atoms with Crippen molar-refractivity contribution in [3.05, 3.63) is 88.9 Å². The summed E-state index contributed by atoms with van der Waals surface area (Å²) in [5, 5.41) is 3.88. The van der Waals surface area contributed by atoms with Gasteiger partial charge in [-0.25, -0.2) is 4.39 Å². The number of hydrogen-bond donors (Lipinski definition) is 3. The van der Waals surface area contributed by atoms with Crippen molar-refractivity contribution in [2.24, 2.45) is 0 Å². The lowest BCUT2D eigenvalue weighted by molar-refractivity contribution is 0.0954. The number of nitrogens with two attached hydrogens (primary N) is 1. The third kappa shape index (κ3) is 3.79. The van der Waals surface area contributed by atoms with E-state index in [1.54, 1.807) is 6.07 Å². The number of aryl methyl sites for hydroxylation is 2. The van der Waals surface area contributed by atoms with Crippen LogP contribution < -0.4 is 11.1 Å². The van der Waals surface area contributed by atoms with Crippen LogP contribution in [0.1, 0.15) is 27.2 Å². The minimum absolute atomic E-state index is 0.130. The Kier molecular flexibility index (Phi) is 5.27. The summed E-state index contributed by atoms with van der Waals surface area (Å²) >= 11 is 0. The molecule has 0 radical (unpaired) electrons. The Labute approximate surface area is 174 Å². The number of nitrogen functional groups attached to an aromatic ring is 1. The van der Waals surface area contributed by atoms with Gasteiger partial charge in [0.25, 0.3) is 5.91 Å². The molecule has 0 saturated heterocycles. The molecule has 4 rings (SSSR count). The van der Waals surface area contributed by atoms with Gasteiger partial charge < -0.3 is 16.0 Å². The second kappa shape index (κ2) is 8.03. The predicted octanol–water partition coefficient (Wildman–Crippen LogP) is 5.15. The molecule has 1 heterocycles. The summed E-state index contributed by atoms with van der Waals surface area (Å²) in [4.78, 5) is 15.7. The molecule has 0 bridgehead atoms. The van der Waals surface area contributed by atoms with E-state index in [1.165, 1.54) is 6.07 Å². The van der Waals surface area contributed by atoms with Gasteiger partial charge in [0, 0.05) is 28.9 Å². The number of hydrogen-bond acceptors (Lipinski definition) is 2. The van der Waals surface area contributed by atoms with Crippen LogP contribution in [-0.2, 0) is 6.42 Å². The van der Waals surface area contributed by atoms with Gasteiger partial charge in [-0.15, -0.1) is 0 Å². The number of halogens is 1. The molecule has 0 aliphatic heterocycles. The Bertz CT molecular complexity index is 1230. The number of aromatic nitrogens is 1. The number of benzene rings is 3. The molecule has 4 nitrogen and oxygen atoms in total. The van der Waals surface area contributed by atoms with Gasteiger partial charge in [0.2, 0.25) is 0 Å². The third-order valence-electron chi connectivity index (χ3n) is 5.46. The van der Waals surface area contributed by atoms with Crippen LogP contribution in [0.5, 0.6) is 0 Å². The number of H-pyrrole nitrogens is 1. The van der Waals surface area contributed by atoms with Gasteiger partial charge in [-0.05, 0) is 72.9 Å². The van der Waals surface area contributed by atoms with Crippen LogP contribution >= 0.6 is 0 Å². The van der Waals surface area contributed by atoms with E-state index < -0.39 is 0 Å². The summed E-state index contributed by atoms with van der Waals surface area (Å²) < 4.78 is 14.1. The Morgan fingerprint density at radius 3 is 2.53 bits per heavy atom. The van der Waals surface area contributed by atoms with Crippen molar-refractivity contribution in [3.8, 4) is 11.1 Å². The molecule has 152 valence electrons. The van der Waals surface area contributed by atoms with Crippen molar-refractivity contribution in [2.45, 2.75) is 20.3 Å². The molecule has 5 heteroatoms. The van der Waals surface area contributed by atoms with E-state index in [4.69, 9.17) is 5.73 Å². The van der Waals surface area contributed by atoms with Crippen LogP contribution in [0.15, 0.2) is 60.7 Å². The van der Waals surface area contributed by atoms with Crippen molar-refractivity contribution in [3.63, 3.8) is 0 Å². The van der Waals surface area contributed by atoms with Crippen molar-refractivity contribution in [1.29, 1.82) is 0 Å². The summed E-state index contributed by atoms with van der Waals surface area (Å²) in [5.74, 6) is -0.385. The fraction of sp³-hybridized carbons (Fsp3) is 0.160. The van der Waals surface area contributed by atoms with Gasteiger partial charge in [-0.3, -0.25) is 4.79 Å². The fourth-order valence-electron chi connectivity index (χ4n) is 3.89. The van der Waals surface area contributed by atoms with Crippen molar-refractivity contribution >= 4 is 22.5 Å². The molecule has 0 saturated carbocycles. The molecule has 4 aromatic rings. The van der Waals surface area contributed by atoms with Gasteiger partial charge in [0.05, 0.1) is 5.52 Å². The van der Waals surface area contributed by atoms with Crippen molar-refractivity contribution < 1.29 is 9.18 Å². The molecule has 0 spiro atoms. The Hall–Kier alpha value is -3.60. The molecular weight excluding hydrogens is 377 g/mol. The highest BCUT2D eigenvalue weighted by atomic mass is 19.1. The van der Waals surface area contributed by atoms with Gasteiger partial charge >= 0.3 is 0 Å². The fourth-order valence-corrected chi connectivity index (χ4v) is 3.89. The minimum atomic E-state index is -0.255. The van der Waals surface area contributed by atoms with Crippen LogP contribution in [0.3, 0.4) is 0 Å². The van der Waals surface area contributed by atoms with Gasteiger partial charge in [-0.1, -0.05) is 30.3 Å². The number of carbonyl (C=O) groups is 1. The maximum atomic E-state index is 14.1. The number of rotatable bonds is 5. The van der Waals surface area contributed by atoms with Crippen LogP contribution in [0.25, 0.3) is 22.0 Å². The third-order valence-corrected chi connectivity index (χ3v) is 5.46. The predicted molar refractivity (Wildman–Crippen MR) is 120 cm³/mol. The first-order chi connectivity index (χ1) is 14.4. The first kappa shape index (κ1) is 19.7. The normalized spacial score (nSPS) is 11.0. The lowest BCUT2D eigenvalue weighted by atomic mass is 10.0. The highest BCUT2D eigenvalue weighted by Gasteiger charge is 2.14. The maximum Gasteiger partial charge on any atom is 0.251 e. The number of aromatic amines is 1. The van der Waals surface area contributed by atoms with Crippen LogP contribution in [0.2, 0.25) is 0 Å². The zero-order valence-electron chi connectivity index (χ0n) is 17.1. The molecule has 1 aromatic heterocycles. The van der Waals surface area contributed by atoms with Crippen LogP contribution in [0, 0.1) is 19.7 Å². The summed E-state index contributed by atoms with van der Waals surface area (Å²) in [6, 6.07) is 18.4. The van der Waals surface area contributed by atoms with Crippen LogP contribution in [0.4, 0.5) is 10.1 Å². The SMILES string of the molecule is Cc1[nH]c2c(F)ccc(C)c2c1CCNC(=O)c1ccc(-c2cccc(N)c2)cc1. The highest BCUT2D eigenvalue weighted by Crippen LogP contribution is 2.28. The molecule has 4 N–H and O–H groups in total. The van der Waals surface area contributed by atoms with Gasteiger partial charge in [0.1, 0.15) is 5.82 Å². The standard InChI is InChI=1S/C25H24FN3O/c1-15-6-11-22(26)24-23(15)21(16(2)29-24)12-13-28-25(30)18-9-7-17(8-10-18)19-4-3-5-20(27)14-19/h3-11,14,29H,12-13,27H2,1-2H3,(H,28,30). The second-order valence-electron chi connectivity index (χ2n) is 7.55. The zero-order valence-corrected chi connectivity index (χ0v) is 17.1. The molecule has 0 aliphatic rings. The number of fused-ring (bicyclic) bond motifs is 1. The van der Waals surface area contributed by atoms with Crippen LogP contribution in [-0.4, -0.2) is 17.4 Å². The van der Waals surface area contributed by atoms with E-state index in [2.05, 4.69) is 10.3 Å². The number of nitrogens with one attached hydrogen (secondary N) is 2. The largest absolute Gasteiger partial charge is 0.399 e. The van der Waals surface area contributed by atoms with Gasteiger partial charge in [0.15, 0.2) is 0 Å². The number of anilines is 1. The first-order valence-corrected chi connectivity index (χ1v) is 9.94. The van der Waals surface area contributed by atoms with E-state index >= 15 is 0 Å². The van der Waals surface area contributed by atoms with E-state index in [9.17, 15) is 9.18 Å². The van der Waals surface area contributed by atoms with E-state index in [0.29, 0.717) is 29.7 Å². The molecular formula is C25H24FN3O. The second-order valence-corrected chi connectivity index (χ2v) is 7.55. The monoisotopic (exact) mass is 401 g/mol. The van der Waals surface area contributed by atoms with Crippen molar-refractivity contribution in [2.75, 3.05) is 12.3 Å². The maximum absolute atomic E-state index is 14.1. The van der Waals surface area contributed by atoms with E-state index in [0.717, 1.165) is 33.3 Å². The molecule has 0 aliphatic carbocycles. The number of carbonyl (C=O) groups excluding carboxylic acids is 1. The molecule has 0 fully saturated rings. The first-order valence-electron chi connectivity index (χ1n) is 9.94. The summed E-state index contributed by atoms with van der Waals surface area (Å²) in [6.45, 7) is 4.38. The average molecular weight is 401 g/mol. The smallest absolute Gasteiger partial charge is 0.251 e. The van der Waals surface area contributed by atoms with E-state index in [1.807, 2.05) is 62.4 Å². The summed E-state index contributed by atoms with van der Waals surface area (Å²) in [6.07, 6.45) is 0.628.